The van der Waals surface area contributed by atoms with E-state index >= 15 is 0 Å². The number of aromatic nitrogens is 1. The molecule has 2 aromatic rings. The molecule has 0 bridgehead atoms. The van der Waals surface area contributed by atoms with Gasteiger partial charge in [0.05, 0.1) is 11.1 Å². The van der Waals surface area contributed by atoms with Crippen LogP contribution in [0.1, 0.15) is 21.6 Å². The van der Waals surface area contributed by atoms with Crippen molar-refractivity contribution >= 4 is 16.9 Å². The molecule has 0 aliphatic rings. The Kier molecular flexibility index (Phi) is 3.06. The topological polar surface area (TPSA) is 76.2 Å². The van der Waals surface area contributed by atoms with Crippen molar-refractivity contribution < 1.29 is 9.90 Å². The van der Waals surface area contributed by atoms with Gasteiger partial charge in [-0.2, -0.15) is 0 Å². The molecule has 4 nitrogen and oxygen atoms in total. The molecule has 2 rings (SSSR count). The van der Waals surface area contributed by atoms with Crippen LogP contribution in [0.25, 0.3) is 10.9 Å². The molecule has 0 saturated carbocycles. The first-order chi connectivity index (χ1) is 8.11. The average molecular weight is 230 g/mol. The largest absolute Gasteiger partial charge is 0.478 e. The Hall–Kier alpha value is -1.94. The van der Waals surface area contributed by atoms with Crippen LogP contribution < -0.4 is 5.73 Å². The van der Waals surface area contributed by atoms with E-state index < -0.39 is 5.97 Å². The third kappa shape index (κ3) is 2.26. The first-order valence-electron chi connectivity index (χ1n) is 5.45. The minimum atomic E-state index is -0.931. The Balaban J connectivity index is 2.71. The van der Waals surface area contributed by atoms with Crippen LogP contribution in [-0.4, -0.2) is 22.6 Å². The Morgan fingerprint density at radius 2 is 2.18 bits per heavy atom. The van der Waals surface area contributed by atoms with Gasteiger partial charge in [0.1, 0.15) is 0 Å². The number of fused-ring (bicyclic) bond motifs is 1. The summed E-state index contributed by atoms with van der Waals surface area (Å²) in [7, 11) is 0. The summed E-state index contributed by atoms with van der Waals surface area (Å²) in [5, 5.41) is 9.86. The summed E-state index contributed by atoms with van der Waals surface area (Å²) >= 11 is 0. The highest BCUT2D eigenvalue weighted by atomic mass is 16.4. The smallest absolute Gasteiger partial charge is 0.336 e. The molecule has 1 aromatic heterocycles. The number of carboxylic acid groups (broad SMARTS) is 1. The second kappa shape index (κ2) is 4.51. The maximum Gasteiger partial charge on any atom is 0.336 e. The second-order valence-electron chi connectivity index (χ2n) is 4.03. The van der Waals surface area contributed by atoms with Crippen molar-refractivity contribution in [1.29, 1.82) is 0 Å². The van der Waals surface area contributed by atoms with Crippen LogP contribution in [0, 0.1) is 6.92 Å². The molecule has 0 saturated heterocycles. The summed E-state index contributed by atoms with van der Waals surface area (Å²) in [5.41, 5.74) is 8.27. The van der Waals surface area contributed by atoms with Crippen molar-refractivity contribution in [3.63, 3.8) is 0 Å². The van der Waals surface area contributed by atoms with Crippen LogP contribution in [0.2, 0.25) is 0 Å². The first kappa shape index (κ1) is 11.5. The fraction of sp³-hybridized carbons (Fsp3) is 0.231. The molecule has 0 amide bonds. The molecule has 0 unspecified atom stereocenters. The molecule has 0 fully saturated rings. The molecule has 0 radical (unpaired) electrons. The van der Waals surface area contributed by atoms with Gasteiger partial charge in [-0.3, -0.25) is 4.98 Å². The van der Waals surface area contributed by atoms with Gasteiger partial charge < -0.3 is 10.8 Å². The van der Waals surface area contributed by atoms with Crippen LogP contribution in [0.5, 0.6) is 0 Å². The van der Waals surface area contributed by atoms with E-state index in [0.29, 0.717) is 29.4 Å². The van der Waals surface area contributed by atoms with E-state index in [9.17, 15) is 9.90 Å². The highest BCUT2D eigenvalue weighted by Gasteiger charge is 2.11. The quantitative estimate of drug-likeness (QED) is 0.842. The zero-order valence-electron chi connectivity index (χ0n) is 9.60. The van der Waals surface area contributed by atoms with Crippen LogP contribution in [0.4, 0.5) is 0 Å². The summed E-state index contributed by atoms with van der Waals surface area (Å²) in [6.07, 6.45) is 0.587. The van der Waals surface area contributed by atoms with Crippen molar-refractivity contribution in [1.82, 2.24) is 4.98 Å². The molecular weight excluding hydrogens is 216 g/mol. The summed E-state index contributed by atoms with van der Waals surface area (Å²) in [5.74, 6) is -0.931. The van der Waals surface area contributed by atoms with Gasteiger partial charge in [-0.15, -0.1) is 0 Å². The lowest BCUT2D eigenvalue weighted by Crippen LogP contribution is -2.07. The Morgan fingerprint density at radius 3 is 2.82 bits per heavy atom. The lowest BCUT2D eigenvalue weighted by atomic mass is 10.0. The van der Waals surface area contributed by atoms with E-state index in [0.717, 1.165) is 11.3 Å². The summed E-state index contributed by atoms with van der Waals surface area (Å²) in [6, 6.07) is 7.18. The molecule has 0 spiro atoms. The average Bonchev–Trinajstić information content (AvgIpc) is 2.27. The van der Waals surface area contributed by atoms with Crippen LogP contribution in [0.3, 0.4) is 0 Å². The Labute approximate surface area is 99.1 Å². The molecule has 0 atom stereocenters. The Bertz CT molecular complexity index is 579. The lowest BCUT2D eigenvalue weighted by molar-refractivity contribution is 0.0699. The van der Waals surface area contributed by atoms with Gasteiger partial charge in [0.2, 0.25) is 0 Å². The zero-order chi connectivity index (χ0) is 12.4. The number of hydrogen-bond acceptors (Lipinski definition) is 3. The molecular formula is C13H14N2O2. The number of nitrogens with zero attached hydrogens (tertiary/aromatic N) is 1. The number of rotatable bonds is 3. The molecule has 1 aromatic carbocycles. The molecule has 88 valence electrons. The highest BCUT2D eigenvalue weighted by molar-refractivity contribution is 6.02. The van der Waals surface area contributed by atoms with Gasteiger partial charge in [-0.1, -0.05) is 12.1 Å². The standard InChI is InChI=1S/C13H14N2O2/c1-8-2-3-10-11(13(16)17)7-9(4-5-14)15-12(10)6-8/h2-3,6-7H,4-5,14H2,1H3,(H,16,17). The fourth-order valence-electron chi connectivity index (χ4n) is 1.85. The summed E-state index contributed by atoms with van der Waals surface area (Å²) in [4.78, 5) is 15.6. The van der Waals surface area contributed by atoms with Crippen LogP contribution >= 0.6 is 0 Å². The number of nitrogens with two attached hydrogens (primary N) is 1. The predicted molar refractivity (Wildman–Crippen MR) is 66.2 cm³/mol. The maximum atomic E-state index is 11.2. The van der Waals surface area contributed by atoms with Gasteiger partial charge in [-0.25, -0.2) is 4.79 Å². The number of benzene rings is 1. The fourth-order valence-corrected chi connectivity index (χ4v) is 1.85. The third-order valence-corrected chi connectivity index (χ3v) is 2.65. The normalized spacial score (nSPS) is 10.7. The molecule has 0 aliphatic heterocycles. The van der Waals surface area contributed by atoms with Gasteiger partial charge in [0.25, 0.3) is 0 Å². The van der Waals surface area contributed by atoms with Crippen LogP contribution in [-0.2, 0) is 6.42 Å². The zero-order valence-corrected chi connectivity index (χ0v) is 9.60. The van der Waals surface area contributed by atoms with Gasteiger partial charge >= 0.3 is 5.97 Å². The lowest BCUT2D eigenvalue weighted by Gasteiger charge is -2.06. The van der Waals surface area contributed by atoms with E-state index in [1.165, 1.54) is 0 Å². The van der Waals surface area contributed by atoms with Crippen molar-refractivity contribution in [2.24, 2.45) is 5.73 Å². The van der Waals surface area contributed by atoms with Crippen molar-refractivity contribution in [3.8, 4) is 0 Å². The monoisotopic (exact) mass is 230 g/mol. The first-order valence-corrected chi connectivity index (χ1v) is 5.45. The summed E-state index contributed by atoms with van der Waals surface area (Å²) in [6.45, 7) is 2.42. The van der Waals surface area contributed by atoms with Crippen LogP contribution in [0.15, 0.2) is 24.3 Å². The number of carboxylic acids is 1. The number of carbonyl (C=O) groups is 1. The number of hydrogen-bond donors (Lipinski definition) is 2. The third-order valence-electron chi connectivity index (χ3n) is 2.65. The minimum Gasteiger partial charge on any atom is -0.478 e. The van der Waals surface area contributed by atoms with Gasteiger partial charge in [0, 0.05) is 17.5 Å². The van der Waals surface area contributed by atoms with E-state index in [2.05, 4.69) is 4.98 Å². The van der Waals surface area contributed by atoms with E-state index in [4.69, 9.17) is 5.73 Å². The van der Waals surface area contributed by atoms with Crippen molar-refractivity contribution in [2.75, 3.05) is 6.54 Å². The summed E-state index contributed by atoms with van der Waals surface area (Å²) < 4.78 is 0. The van der Waals surface area contributed by atoms with Gasteiger partial charge in [0.15, 0.2) is 0 Å². The van der Waals surface area contributed by atoms with Crippen molar-refractivity contribution in [2.45, 2.75) is 13.3 Å². The highest BCUT2D eigenvalue weighted by Crippen LogP contribution is 2.20. The van der Waals surface area contributed by atoms with E-state index in [1.807, 2.05) is 19.1 Å². The molecule has 3 N–H and O–H groups in total. The van der Waals surface area contributed by atoms with E-state index in [-0.39, 0.29) is 0 Å². The minimum absolute atomic E-state index is 0.290. The SMILES string of the molecule is Cc1ccc2c(C(=O)O)cc(CCN)nc2c1. The molecule has 1 heterocycles. The molecule has 4 heteroatoms. The van der Waals surface area contributed by atoms with Gasteiger partial charge in [-0.05, 0) is 31.2 Å². The molecule has 0 aliphatic carbocycles. The maximum absolute atomic E-state index is 11.2. The molecule has 17 heavy (non-hydrogen) atoms. The number of aryl methyl sites for hydroxylation is 1. The number of pyridine rings is 1. The predicted octanol–water partition coefficient (Wildman–Crippen LogP) is 1.74. The number of aromatic carboxylic acids is 1. The second-order valence-corrected chi connectivity index (χ2v) is 4.03. The van der Waals surface area contributed by atoms with Crippen molar-refractivity contribution in [3.05, 3.63) is 41.1 Å². The Morgan fingerprint density at radius 1 is 1.41 bits per heavy atom. The van der Waals surface area contributed by atoms with E-state index in [1.54, 1.807) is 12.1 Å².